The van der Waals surface area contributed by atoms with Crippen molar-refractivity contribution in [3.05, 3.63) is 59.3 Å². The van der Waals surface area contributed by atoms with Crippen LogP contribution in [0.5, 0.6) is 0 Å². The molecule has 132 valence electrons. The van der Waals surface area contributed by atoms with Crippen molar-refractivity contribution in [2.45, 2.75) is 26.7 Å². The molecule has 2 amide bonds. The van der Waals surface area contributed by atoms with Crippen molar-refractivity contribution in [1.29, 1.82) is 0 Å². The number of para-hydroxylation sites is 1. The monoisotopic (exact) mass is 347 g/mol. The second-order valence-corrected chi connectivity index (χ2v) is 6.76. The van der Waals surface area contributed by atoms with E-state index in [1.165, 1.54) is 0 Å². The van der Waals surface area contributed by atoms with Gasteiger partial charge in [-0.2, -0.15) is 0 Å². The number of nitrogens with zero attached hydrogens (tertiary/aromatic N) is 1. The van der Waals surface area contributed by atoms with Crippen LogP contribution < -0.4 is 10.2 Å². The number of hydrogen-bond acceptors (Lipinski definition) is 2. The summed E-state index contributed by atoms with van der Waals surface area (Å²) < 4.78 is 0. The molecule has 5 heteroatoms. The SMILES string of the molecule is CC(=O)N1CCc2cc(NC(=O)Cc3c(C)[nH]c4ccccc34)ccc21. The summed E-state index contributed by atoms with van der Waals surface area (Å²) in [5.74, 6) is 0.00886. The first-order chi connectivity index (χ1) is 12.5. The number of amides is 2. The van der Waals surface area contributed by atoms with Crippen LogP contribution in [0.1, 0.15) is 23.7 Å². The van der Waals surface area contributed by atoms with Crippen molar-refractivity contribution in [2.75, 3.05) is 16.8 Å². The first-order valence-electron chi connectivity index (χ1n) is 8.80. The molecule has 2 N–H and O–H groups in total. The van der Waals surface area contributed by atoms with E-state index in [2.05, 4.69) is 10.3 Å². The Balaban J connectivity index is 1.52. The van der Waals surface area contributed by atoms with Gasteiger partial charge in [-0.1, -0.05) is 18.2 Å². The van der Waals surface area contributed by atoms with E-state index >= 15 is 0 Å². The molecule has 0 bridgehead atoms. The second kappa shape index (κ2) is 6.33. The number of aromatic nitrogens is 1. The lowest BCUT2D eigenvalue weighted by Gasteiger charge is -2.15. The molecule has 2 heterocycles. The molecule has 0 spiro atoms. The fourth-order valence-electron chi connectivity index (χ4n) is 3.73. The molecule has 3 aromatic rings. The van der Waals surface area contributed by atoms with E-state index in [1.807, 2.05) is 49.4 Å². The Morgan fingerprint density at radius 2 is 2.00 bits per heavy atom. The first-order valence-corrected chi connectivity index (χ1v) is 8.80. The van der Waals surface area contributed by atoms with Gasteiger partial charge >= 0.3 is 0 Å². The van der Waals surface area contributed by atoms with Crippen LogP contribution in [0.4, 0.5) is 11.4 Å². The number of hydrogen-bond donors (Lipinski definition) is 2. The molecular weight excluding hydrogens is 326 g/mol. The van der Waals surface area contributed by atoms with Crippen LogP contribution in [-0.4, -0.2) is 23.3 Å². The van der Waals surface area contributed by atoms with E-state index < -0.39 is 0 Å². The fourth-order valence-corrected chi connectivity index (χ4v) is 3.73. The summed E-state index contributed by atoms with van der Waals surface area (Å²) in [5.41, 5.74) is 5.92. The van der Waals surface area contributed by atoms with Gasteiger partial charge in [0.05, 0.1) is 6.42 Å². The Hall–Kier alpha value is -3.08. The highest BCUT2D eigenvalue weighted by molar-refractivity contribution is 5.98. The first kappa shape index (κ1) is 16.4. The molecule has 1 aliphatic heterocycles. The fraction of sp³-hybridized carbons (Fsp3) is 0.238. The summed E-state index contributed by atoms with van der Waals surface area (Å²) in [6.07, 6.45) is 1.15. The zero-order chi connectivity index (χ0) is 18.3. The Morgan fingerprint density at radius 1 is 1.19 bits per heavy atom. The van der Waals surface area contributed by atoms with Gasteiger partial charge in [-0.05, 0) is 48.7 Å². The van der Waals surface area contributed by atoms with Crippen molar-refractivity contribution in [3.8, 4) is 0 Å². The normalized spacial score (nSPS) is 13.1. The largest absolute Gasteiger partial charge is 0.358 e. The molecule has 0 radical (unpaired) electrons. The predicted molar refractivity (Wildman–Crippen MR) is 104 cm³/mol. The number of carbonyl (C=O) groups is 2. The number of anilines is 2. The summed E-state index contributed by atoms with van der Waals surface area (Å²) in [5, 5.41) is 4.08. The van der Waals surface area contributed by atoms with Crippen molar-refractivity contribution >= 4 is 34.1 Å². The standard InChI is InChI=1S/C21H21N3O2/c1-13-18(17-5-3-4-6-19(17)22-13)12-21(26)23-16-7-8-20-15(11-16)9-10-24(20)14(2)25/h3-8,11,22H,9-10,12H2,1-2H3,(H,23,26). The quantitative estimate of drug-likeness (QED) is 0.761. The van der Waals surface area contributed by atoms with Gasteiger partial charge in [0.1, 0.15) is 0 Å². The zero-order valence-corrected chi connectivity index (χ0v) is 14.9. The van der Waals surface area contributed by atoms with E-state index in [0.717, 1.165) is 45.5 Å². The molecule has 1 aromatic heterocycles. The number of aromatic amines is 1. The Kier molecular flexibility index (Phi) is 3.99. The Morgan fingerprint density at radius 3 is 2.81 bits per heavy atom. The number of fused-ring (bicyclic) bond motifs is 2. The van der Waals surface area contributed by atoms with Crippen molar-refractivity contribution < 1.29 is 9.59 Å². The molecular formula is C21H21N3O2. The molecule has 4 rings (SSSR count). The summed E-state index contributed by atoms with van der Waals surface area (Å²) >= 11 is 0. The molecule has 0 aliphatic carbocycles. The lowest BCUT2D eigenvalue weighted by Crippen LogP contribution is -2.25. The topological polar surface area (TPSA) is 65.2 Å². The molecule has 2 aromatic carbocycles. The molecule has 5 nitrogen and oxygen atoms in total. The van der Waals surface area contributed by atoms with E-state index in [1.54, 1.807) is 11.8 Å². The average molecular weight is 347 g/mol. The maximum Gasteiger partial charge on any atom is 0.228 e. The third-order valence-corrected chi connectivity index (χ3v) is 5.00. The van der Waals surface area contributed by atoms with E-state index in [0.29, 0.717) is 13.0 Å². The lowest BCUT2D eigenvalue weighted by molar-refractivity contribution is -0.117. The van der Waals surface area contributed by atoms with Crippen molar-refractivity contribution in [3.63, 3.8) is 0 Å². The minimum absolute atomic E-state index is 0.0424. The van der Waals surface area contributed by atoms with Crippen molar-refractivity contribution in [2.24, 2.45) is 0 Å². The third-order valence-electron chi connectivity index (χ3n) is 5.00. The highest BCUT2D eigenvalue weighted by Gasteiger charge is 2.22. The van der Waals surface area contributed by atoms with Crippen LogP contribution in [0, 0.1) is 6.92 Å². The summed E-state index contributed by atoms with van der Waals surface area (Å²) in [6, 6.07) is 13.8. The summed E-state index contributed by atoms with van der Waals surface area (Å²) in [4.78, 5) is 29.3. The highest BCUT2D eigenvalue weighted by Crippen LogP contribution is 2.30. The van der Waals surface area contributed by atoms with Gasteiger partial charge in [0.2, 0.25) is 11.8 Å². The van der Waals surface area contributed by atoms with Crippen molar-refractivity contribution in [1.82, 2.24) is 4.98 Å². The average Bonchev–Trinajstić information content (AvgIpc) is 3.16. The second-order valence-electron chi connectivity index (χ2n) is 6.76. The Labute approximate surface area is 152 Å². The van der Waals surface area contributed by atoms with Gasteiger partial charge in [0.25, 0.3) is 0 Å². The van der Waals surface area contributed by atoms with Crippen LogP contribution in [0.25, 0.3) is 10.9 Å². The molecule has 0 atom stereocenters. The third kappa shape index (κ3) is 2.86. The number of benzene rings is 2. The highest BCUT2D eigenvalue weighted by atomic mass is 16.2. The number of aryl methyl sites for hydroxylation is 1. The molecule has 26 heavy (non-hydrogen) atoms. The minimum atomic E-state index is -0.0424. The number of nitrogens with one attached hydrogen (secondary N) is 2. The summed E-state index contributed by atoms with van der Waals surface area (Å²) in [7, 11) is 0. The summed E-state index contributed by atoms with van der Waals surface area (Å²) in [6.45, 7) is 4.28. The zero-order valence-electron chi connectivity index (χ0n) is 14.9. The predicted octanol–water partition coefficient (Wildman–Crippen LogP) is 3.57. The van der Waals surface area contributed by atoms with Crippen LogP contribution in [0.15, 0.2) is 42.5 Å². The van der Waals surface area contributed by atoms with E-state index in [-0.39, 0.29) is 11.8 Å². The van der Waals surface area contributed by atoms with Crippen LogP contribution in [0.3, 0.4) is 0 Å². The van der Waals surface area contributed by atoms with Gasteiger partial charge in [0.15, 0.2) is 0 Å². The maximum atomic E-state index is 12.6. The number of rotatable bonds is 3. The lowest BCUT2D eigenvalue weighted by atomic mass is 10.1. The molecule has 1 aliphatic rings. The van der Waals surface area contributed by atoms with E-state index in [4.69, 9.17) is 0 Å². The van der Waals surface area contributed by atoms with Crippen LogP contribution >= 0.6 is 0 Å². The smallest absolute Gasteiger partial charge is 0.228 e. The molecule has 0 fully saturated rings. The Bertz CT molecular complexity index is 1020. The van der Waals surface area contributed by atoms with Crippen LogP contribution in [-0.2, 0) is 22.4 Å². The van der Waals surface area contributed by atoms with Gasteiger partial charge in [0, 0.05) is 41.4 Å². The van der Waals surface area contributed by atoms with E-state index in [9.17, 15) is 9.59 Å². The maximum absolute atomic E-state index is 12.6. The number of carbonyl (C=O) groups excluding carboxylic acids is 2. The minimum Gasteiger partial charge on any atom is -0.358 e. The van der Waals surface area contributed by atoms with Gasteiger partial charge < -0.3 is 15.2 Å². The van der Waals surface area contributed by atoms with Crippen LogP contribution in [0.2, 0.25) is 0 Å². The van der Waals surface area contributed by atoms with Gasteiger partial charge in [-0.3, -0.25) is 9.59 Å². The van der Waals surface area contributed by atoms with Gasteiger partial charge in [-0.25, -0.2) is 0 Å². The number of H-pyrrole nitrogens is 1. The van der Waals surface area contributed by atoms with Gasteiger partial charge in [-0.15, -0.1) is 0 Å². The molecule has 0 saturated carbocycles. The molecule has 0 saturated heterocycles. The molecule has 0 unspecified atom stereocenters.